The molecule has 3 rings (SSSR count). The van der Waals surface area contributed by atoms with Crippen molar-refractivity contribution in [3.8, 4) is 0 Å². The third-order valence-corrected chi connectivity index (χ3v) is 6.73. The Bertz CT molecular complexity index is 732. The van der Waals surface area contributed by atoms with Crippen LogP contribution in [0.1, 0.15) is 42.5 Å². The first-order valence-corrected chi connectivity index (χ1v) is 10.9. The molecule has 26 heavy (non-hydrogen) atoms. The number of amides is 1. The lowest BCUT2D eigenvalue weighted by Crippen LogP contribution is -2.57. The zero-order chi connectivity index (χ0) is 18.8. The maximum absolute atomic E-state index is 12.7. The Balaban J connectivity index is 1.78. The fourth-order valence-corrected chi connectivity index (χ4v) is 4.54. The molecule has 1 aliphatic carbocycles. The van der Waals surface area contributed by atoms with Gasteiger partial charge in [0.1, 0.15) is 0 Å². The second-order valence-corrected chi connectivity index (χ2v) is 9.39. The molecule has 0 spiro atoms. The smallest absolute Gasteiger partial charge is 0.253 e. The zero-order valence-electron chi connectivity index (χ0n) is 15.0. The van der Waals surface area contributed by atoms with Crippen LogP contribution in [0.25, 0.3) is 0 Å². The summed E-state index contributed by atoms with van der Waals surface area (Å²) in [5.41, 5.74) is 0.0551. The van der Waals surface area contributed by atoms with E-state index in [1.54, 1.807) is 0 Å². The van der Waals surface area contributed by atoms with Gasteiger partial charge in [-0.2, -0.15) is 0 Å². The van der Waals surface area contributed by atoms with Crippen molar-refractivity contribution in [2.24, 2.45) is 11.3 Å². The zero-order valence-corrected chi connectivity index (χ0v) is 15.8. The summed E-state index contributed by atoms with van der Waals surface area (Å²) in [6, 6.07) is 2.71. The van der Waals surface area contributed by atoms with Gasteiger partial charge < -0.3 is 15.2 Å². The van der Waals surface area contributed by atoms with Crippen LogP contribution in [0.15, 0.2) is 23.4 Å². The van der Waals surface area contributed by atoms with Crippen LogP contribution in [0.2, 0.25) is 0 Å². The first-order chi connectivity index (χ1) is 12.4. The molecule has 0 radical (unpaired) electrons. The van der Waals surface area contributed by atoms with Gasteiger partial charge in [0.2, 0.25) is 0 Å². The first-order valence-electron chi connectivity index (χ1n) is 9.01. The van der Waals surface area contributed by atoms with Crippen LogP contribution in [-0.2, 0) is 14.6 Å². The molecule has 144 valence electrons. The van der Waals surface area contributed by atoms with Gasteiger partial charge in [0, 0.05) is 37.1 Å². The quantitative estimate of drug-likeness (QED) is 0.765. The Morgan fingerprint density at radius 2 is 2.08 bits per heavy atom. The molecule has 1 aromatic heterocycles. The molecule has 1 aromatic rings. The minimum Gasteiger partial charge on any atom is -0.396 e. The summed E-state index contributed by atoms with van der Waals surface area (Å²) in [5.74, 6) is -0.0165. The molecule has 2 heterocycles. The summed E-state index contributed by atoms with van der Waals surface area (Å²) in [6.45, 7) is 1.40. The molecule has 2 fully saturated rings. The molecule has 2 N–H and O–H groups in total. The lowest BCUT2D eigenvalue weighted by Gasteiger charge is -2.50. The van der Waals surface area contributed by atoms with Crippen LogP contribution in [0, 0.1) is 11.3 Å². The van der Waals surface area contributed by atoms with Gasteiger partial charge in [-0.1, -0.05) is 6.42 Å². The average molecular weight is 382 g/mol. The average Bonchev–Trinajstić information content (AvgIpc) is 2.60. The number of aliphatic hydroxyl groups is 1. The van der Waals surface area contributed by atoms with Crippen molar-refractivity contribution in [2.75, 3.05) is 26.1 Å². The number of aliphatic hydroxyl groups excluding tert-OH is 1. The molecule has 8 heteroatoms. The van der Waals surface area contributed by atoms with Crippen molar-refractivity contribution in [1.82, 2.24) is 10.3 Å². The van der Waals surface area contributed by atoms with E-state index in [1.165, 1.54) is 18.3 Å². The molecule has 2 aliphatic rings. The molecule has 1 saturated carbocycles. The molecular formula is C18H26N2O5S. The second kappa shape index (κ2) is 7.62. The SMILES string of the molecule is CS(=O)(=O)c1ccc(C(=O)NC(C2CCOCC2)C2(CO)CCC2)cn1. The molecule has 0 bridgehead atoms. The van der Waals surface area contributed by atoms with Crippen LogP contribution >= 0.6 is 0 Å². The van der Waals surface area contributed by atoms with Gasteiger partial charge in [0.15, 0.2) is 14.9 Å². The van der Waals surface area contributed by atoms with Gasteiger partial charge in [-0.3, -0.25) is 4.79 Å². The van der Waals surface area contributed by atoms with Crippen molar-refractivity contribution in [3.63, 3.8) is 0 Å². The Morgan fingerprint density at radius 3 is 2.54 bits per heavy atom. The molecule has 0 aromatic carbocycles. The van der Waals surface area contributed by atoms with E-state index in [9.17, 15) is 18.3 Å². The third-order valence-electron chi connectivity index (χ3n) is 5.73. The van der Waals surface area contributed by atoms with Gasteiger partial charge in [-0.05, 0) is 43.7 Å². The van der Waals surface area contributed by atoms with E-state index in [0.29, 0.717) is 18.8 Å². The van der Waals surface area contributed by atoms with Crippen molar-refractivity contribution in [1.29, 1.82) is 0 Å². The Hall–Kier alpha value is -1.51. The van der Waals surface area contributed by atoms with Gasteiger partial charge in [-0.15, -0.1) is 0 Å². The van der Waals surface area contributed by atoms with Crippen molar-refractivity contribution >= 4 is 15.7 Å². The predicted octanol–water partition coefficient (Wildman–Crippen LogP) is 1.17. The van der Waals surface area contributed by atoms with E-state index in [0.717, 1.165) is 38.4 Å². The maximum Gasteiger partial charge on any atom is 0.253 e. The summed E-state index contributed by atoms with van der Waals surface area (Å²) in [5, 5.41) is 13.0. The highest BCUT2D eigenvalue weighted by Gasteiger charge is 2.47. The summed E-state index contributed by atoms with van der Waals surface area (Å²) in [4.78, 5) is 16.6. The van der Waals surface area contributed by atoms with E-state index in [-0.39, 0.29) is 34.9 Å². The number of nitrogens with one attached hydrogen (secondary N) is 1. The first kappa shape index (κ1) is 19.3. The minimum absolute atomic E-state index is 0.0548. The lowest BCUT2D eigenvalue weighted by atomic mass is 9.60. The van der Waals surface area contributed by atoms with Crippen molar-refractivity contribution in [2.45, 2.75) is 43.2 Å². The number of ether oxygens (including phenoxy) is 1. The van der Waals surface area contributed by atoms with Gasteiger partial charge >= 0.3 is 0 Å². The summed E-state index contributed by atoms with van der Waals surface area (Å²) >= 11 is 0. The Kier molecular flexibility index (Phi) is 5.64. The van der Waals surface area contributed by atoms with Gasteiger partial charge in [0.25, 0.3) is 5.91 Å². The topological polar surface area (TPSA) is 106 Å². The Labute approximate surface area is 154 Å². The van der Waals surface area contributed by atoms with Crippen LogP contribution in [0.4, 0.5) is 0 Å². The van der Waals surface area contributed by atoms with Gasteiger partial charge in [-0.25, -0.2) is 13.4 Å². The van der Waals surface area contributed by atoms with E-state index < -0.39 is 9.84 Å². The number of carbonyl (C=O) groups excluding carboxylic acids is 1. The number of pyridine rings is 1. The molecule has 1 atom stereocenters. The fraction of sp³-hybridized carbons (Fsp3) is 0.667. The van der Waals surface area contributed by atoms with Crippen LogP contribution in [0.3, 0.4) is 0 Å². The molecule has 7 nitrogen and oxygen atoms in total. The third kappa shape index (κ3) is 3.92. The largest absolute Gasteiger partial charge is 0.396 e. The predicted molar refractivity (Wildman–Crippen MR) is 95.5 cm³/mol. The van der Waals surface area contributed by atoms with Crippen LogP contribution in [0.5, 0.6) is 0 Å². The van der Waals surface area contributed by atoms with E-state index in [2.05, 4.69) is 10.3 Å². The van der Waals surface area contributed by atoms with E-state index in [1.807, 2.05) is 0 Å². The number of rotatable bonds is 6. The highest BCUT2D eigenvalue weighted by molar-refractivity contribution is 7.90. The Morgan fingerprint density at radius 1 is 1.38 bits per heavy atom. The second-order valence-electron chi connectivity index (χ2n) is 7.43. The number of nitrogens with zero attached hydrogens (tertiary/aromatic N) is 1. The van der Waals surface area contributed by atoms with Crippen molar-refractivity contribution in [3.05, 3.63) is 23.9 Å². The highest BCUT2D eigenvalue weighted by Crippen LogP contribution is 2.47. The summed E-state index contributed by atoms with van der Waals surface area (Å²) < 4.78 is 28.5. The normalized spacial score (nSPS) is 21.6. The molecule has 1 saturated heterocycles. The van der Waals surface area contributed by atoms with Crippen LogP contribution in [-0.4, -0.2) is 56.5 Å². The maximum atomic E-state index is 12.7. The lowest BCUT2D eigenvalue weighted by molar-refractivity contribution is -0.0379. The van der Waals surface area contributed by atoms with Crippen molar-refractivity contribution < 1.29 is 23.1 Å². The minimum atomic E-state index is -3.40. The molecule has 1 aliphatic heterocycles. The van der Waals surface area contributed by atoms with E-state index >= 15 is 0 Å². The molecular weight excluding hydrogens is 356 g/mol. The standard InChI is InChI=1S/C18H26N2O5S/c1-26(23,24)15-4-3-14(11-19-15)17(22)20-16(13-5-9-25-10-6-13)18(12-21)7-2-8-18/h3-4,11,13,16,21H,2,5-10,12H2,1H3,(H,20,22). The fourth-order valence-electron chi connectivity index (χ4n) is 3.98. The molecule has 1 unspecified atom stereocenters. The van der Waals surface area contributed by atoms with E-state index in [4.69, 9.17) is 4.74 Å². The number of hydrogen-bond donors (Lipinski definition) is 2. The monoisotopic (exact) mass is 382 g/mol. The number of aromatic nitrogens is 1. The highest BCUT2D eigenvalue weighted by atomic mass is 32.2. The number of sulfone groups is 1. The number of hydrogen-bond acceptors (Lipinski definition) is 6. The summed E-state index contributed by atoms with van der Waals surface area (Å²) in [6.07, 6.45) is 6.95. The molecule has 1 amide bonds. The van der Waals surface area contributed by atoms with Gasteiger partial charge in [0.05, 0.1) is 12.2 Å². The van der Waals surface area contributed by atoms with Crippen LogP contribution < -0.4 is 5.32 Å². The number of carbonyl (C=O) groups is 1. The summed E-state index contributed by atoms with van der Waals surface area (Å²) in [7, 11) is -3.40.